The Bertz CT molecular complexity index is 410. The Morgan fingerprint density at radius 1 is 1.60 bits per heavy atom. The minimum Gasteiger partial charge on any atom is -0.467 e. The second kappa shape index (κ2) is 4.96. The fourth-order valence-corrected chi connectivity index (χ4v) is 3.01. The molecule has 0 aliphatic rings. The van der Waals surface area contributed by atoms with E-state index in [9.17, 15) is 0 Å². The predicted molar refractivity (Wildman–Crippen MR) is 66.2 cm³/mol. The van der Waals surface area contributed by atoms with Crippen LogP contribution >= 0.6 is 27.3 Å². The Morgan fingerprint density at radius 2 is 2.47 bits per heavy atom. The molecule has 2 nitrogen and oxygen atoms in total. The lowest BCUT2D eigenvalue weighted by Gasteiger charge is -2.13. The van der Waals surface area contributed by atoms with E-state index in [-0.39, 0.29) is 6.04 Å². The van der Waals surface area contributed by atoms with Gasteiger partial charge in [0, 0.05) is 14.7 Å². The van der Waals surface area contributed by atoms with Gasteiger partial charge in [-0.2, -0.15) is 0 Å². The zero-order valence-corrected chi connectivity index (χ0v) is 10.8. The third kappa shape index (κ3) is 2.51. The van der Waals surface area contributed by atoms with Crippen LogP contribution in [0, 0.1) is 0 Å². The van der Waals surface area contributed by atoms with Crippen LogP contribution in [0.4, 0.5) is 0 Å². The quantitative estimate of drug-likeness (QED) is 0.924. The average Bonchev–Trinajstić information content (AvgIpc) is 2.85. The van der Waals surface area contributed by atoms with Crippen molar-refractivity contribution in [1.29, 1.82) is 0 Å². The van der Waals surface area contributed by atoms with Crippen LogP contribution in [0.25, 0.3) is 0 Å². The average molecular weight is 286 g/mol. The summed E-state index contributed by atoms with van der Waals surface area (Å²) in [5.74, 6) is 0.964. The highest BCUT2D eigenvalue weighted by Gasteiger charge is 2.17. The molecule has 1 N–H and O–H groups in total. The van der Waals surface area contributed by atoms with E-state index in [0.29, 0.717) is 0 Å². The monoisotopic (exact) mass is 285 g/mol. The Morgan fingerprint density at radius 3 is 3.00 bits per heavy atom. The van der Waals surface area contributed by atoms with E-state index >= 15 is 0 Å². The van der Waals surface area contributed by atoms with E-state index in [1.165, 1.54) is 4.88 Å². The molecule has 0 aliphatic heterocycles. The van der Waals surface area contributed by atoms with Crippen LogP contribution in [0.2, 0.25) is 0 Å². The fourth-order valence-electron chi connectivity index (χ4n) is 1.48. The van der Waals surface area contributed by atoms with Crippen molar-refractivity contribution in [2.75, 3.05) is 6.54 Å². The van der Waals surface area contributed by atoms with Gasteiger partial charge < -0.3 is 9.73 Å². The molecular weight excluding hydrogens is 274 g/mol. The summed E-state index contributed by atoms with van der Waals surface area (Å²) in [4.78, 5) is 1.26. The van der Waals surface area contributed by atoms with Gasteiger partial charge in [-0.05, 0) is 40.7 Å². The predicted octanol–water partition coefficient (Wildman–Crippen LogP) is 3.80. The highest BCUT2D eigenvalue weighted by Crippen LogP contribution is 2.30. The molecule has 4 heteroatoms. The summed E-state index contributed by atoms with van der Waals surface area (Å²) >= 11 is 5.19. The first-order valence-corrected chi connectivity index (χ1v) is 6.49. The molecule has 0 aromatic carbocycles. The smallest absolute Gasteiger partial charge is 0.126 e. The first-order chi connectivity index (χ1) is 7.31. The molecule has 2 heterocycles. The molecule has 0 aliphatic carbocycles. The molecule has 0 saturated carbocycles. The Labute approximate surface area is 101 Å². The highest BCUT2D eigenvalue weighted by molar-refractivity contribution is 9.10. The van der Waals surface area contributed by atoms with Crippen molar-refractivity contribution < 1.29 is 4.42 Å². The lowest BCUT2D eigenvalue weighted by atomic mass is 10.2. The third-order valence-electron chi connectivity index (χ3n) is 2.11. The summed E-state index contributed by atoms with van der Waals surface area (Å²) < 4.78 is 6.56. The Kier molecular flexibility index (Phi) is 3.61. The summed E-state index contributed by atoms with van der Waals surface area (Å²) in [6, 6.07) is 6.21. The van der Waals surface area contributed by atoms with Crippen molar-refractivity contribution in [1.82, 2.24) is 5.32 Å². The maximum Gasteiger partial charge on any atom is 0.126 e. The molecule has 1 unspecified atom stereocenters. The van der Waals surface area contributed by atoms with Crippen molar-refractivity contribution in [2.45, 2.75) is 13.0 Å². The maximum atomic E-state index is 5.44. The zero-order chi connectivity index (χ0) is 10.7. The van der Waals surface area contributed by atoms with Gasteiger partial charge in [-0.25, -0.2) is 0 Å². The summed E-state index contributed by atoms with van der Waals surface area (Å²) in [6.45, 7) is 3.01. The van der Waals surface area contributed by atoms with Crippen molar-refractivity contribution in [3.8, 4) is 0 Å². The topological polar surface area (TPSA) is 25.2 Å². The van der Waals surface area contributed by atoms with E-state index in [1.54, 1.807) is 17.6 Å². The van der Waals surface area contributed by atoms with Crippen LogP contribution in [-0.4, -0.2) is 6.54 Å². The normalized spacial score (nSPS) is 12.9. The van der Waals surface area contributed by atoms with E-state index in [2.05, 4.69) is 39.6 Å². The van der Waals surface area contributed by atoms with Gasteiger partial charge in [0.05, 0.1) is 6.26 Å². The van der Waals surface area contributed by atoms with Gasteiger partial charge >= 0.3 is 0 Å². The van der Waals surface area contributed by atoms with E-state index < -0.39 is 0 Å². The van der Waals surface area contributed by atoms with Crippen LogP contribution in [0.5, 0.6) is 0 Å². The molecule has 0 radical (unpaired) electrons. The number of hydrogen-bond donors (Lipinski definition) is 1. The largest absolute Gasteiger partial charge is 0.467 e. The van der Waals surface area contributed by atoms with E-state index in [4.69, 9.17) is 4.42 Å². The van der Waals surface area contributed by atoms with E-state index in [1.807, 2.05) is 12.1 Å². The molecule has 2 aromatic rings. The number of furan rings is 1. The third-order valence-corrected chi connectivity index (χ3v) is 3.87. The zero-order valence-electron chi connectivity index (χ0n) is 8.37. The fraction of sp³-hybridized carbons (Fsp3) is 0.273. The summed E-state index contributed by atoms with van der Waals surface area (Å²) in [5, 5.41) is 5.50. The summed E-state index contributed by atoms with van der Waals surface area (Å²) in [5.41, 5.74) is 0. The molecule has 0 bridgehead atoms. The number of hydrogen-bond acceptors (Lipinski definition) is 3. The second-order valence-electron chi connectivity index (χ2n) is 3.17. The van der Waals surface area contributed by atoms with Gasteiger partial charge in [0.15, 0.2) is 0 Å². The molecule has 0 fully saturated rings. The molecule has 15 heavy (non-hydrogen) atoms. The number of halogens is 1. The van der Waals surface area contributed by atoms with E-state index in [0.717, 1.165) is 16.8 Å². The molecular formula is C11H12BrNOS. The van der Waals surface area contributed by atoms with Gasteiger partial charge in [0.25, 0.3) is 0 Å². The minimum absolute atomic E-state index is 0.168. The Hall–Kier alpha value is -0.580. The van der Waals surface area contributed by atoms with Crippen LogP contribution in [0.15, 0.2) is 38.7 Å². The standard InChI is InChI=1S/C11H12BrNOS/c1-2-13-11(9-4-3-5-14-9)10-6-8(12)7-15-10/h3-7,11,13H,2H2,1H3. The van der Waals surface area contributed by atoms with Gasteiger partial charge in [-0.3, -0.25) is 0 Å². The van der Waals surface area contributed by atoms with Crippen molar-refractivity contribution in [3.63, 3.8) is 0 Å². The first-order valence-electron chi connectivity index (χ1n) is 4.82. The number of rotatable bonds is 4. The van der Waals surface area contributed by atoms with Crippen LogP contribution < -0.4 is 5.32 Å². The molecule has 80 valence electrons. The molecule has 0 spiro atoms. The van der Waals surface area contributed by atoms with Gasteiger partial charge in [0.1, 0.15) is 11.8 Å². The lowest BCUT2D eigenvalue weighted by Crippen LogP contribution is -2.20. The SMILES string of the molecule is CCNC(c1ccco1)c1cc(Br)cs1. The van der Waals surface area contributed by atoms with Gasteiger partial charge in [-0.15, -0.1) is 11.3 Å². The molecule has 2 aromatic heterocycles. The Balaban J connectivity index is 2.27. The van der Waals surface area contributed by atoms with Crippen LogP contribution in [0.3, 0.4) is 0 Å². The highest BCUT2D eigenvalue weighted by atomic mass is 79.9. The lowest BCUT2D eigenvalue weighted by molar-refractivity contribution is 0.455. The van der Waals surface area contributed by atoms with Crippen LogP contribution in [-0.2, 0) is 0 Å². The van der Waals surface area contributed by atoms with Crippen LogP contribution in [0.1, 0.15) is 23.6 Å². The summed E-state index contributed by atoms with van der Waals surface area (Å²) in [6.07, 6.45) is 1.71. The number of thiophene rings is 1. The molecule has 0 amide bonds. The van der Waals surface area contributed by atoms with Crippen molar-refractivity contribution in [3.05, 3.63) is 45.0 Å². The van der Waals surface area contributed by atoms with Crippen molar-refractivity contribution >= 4 is 27.3 Å². The maximum absolute atomic E-state index is 5.44. The van der Waals surface area contributed by atoms with Crippen molar-refractivity contribution in [2.24, 2.45) is 0 Å². The summed E-state index contributed by atoms with van der Waals surface area (Å²) in [7, 11) is 0. The minimum atomic E-state index is 0.168. The van der Waals surface area contributed by atoms with Gasteiger partial charge in [0.2, 0.25) is 0 Å². The molecule has 2 rings (SSSR count). The molecule has 1 atom stereocenters. The molecule has 0 saturated heterocycles. The van der Waals surface area contributed by atoms with Gasteiger partial charge in [-0.1, -0.05) is 6.92 Å². The first kappa shape index (κ1) is 10.9. The number of nitrogens with one attached hydrogen (secondary N) is 1. The second-order valence-corrected chi connectivity index (χ2v) is 5.03.